The molecule has 6 aromatic carbocycles. The number of fused-ring (bicyclic) bond motifs is 5. The van der Waals surface area contributed by atoms with Gasteiger partial charge in [-0.1, -0.05) is 103 Å². The minimum absolute atomic E-state index is 0.227. The second kappa shape index (κ2) is 11.0. The molecule has 2 aromatic heterocycles. The Balaban J connectivity index is 1.12. The van der Waals surface area contributed by atoms with Crippen LogP contribution >= 0.6 is 0 Å². The lowest BCUT2D eigenvalue weighted by atomic mass is 10.0. The van der Waals surface area contributed by atoms with Gasteiger partial charge in [0.1, 0.15) is 17.6 Å². The van der Waals surface area contributed by atoms with E-state index in [1.807, 2.05) is 30.3 Å². The first-order valence-corrected chi connectivity index (χ1v) is 15.8. The van der Waals surface area contributed by atoms with Crippen LogP contribution in [0.5, 0.6) is 0 Å². The van der Waals surface area contributed by atoms with Gasteiger partial charge in [0.05, 0.1) is 22.7 Å². The summed E-state index contributed by atoms with van der Waals surface area (Å²) < 4.78 is 8.29. The minimum atomic E-state index is -0.227. The number of hydrogen-bond donors (Lipinski definition) is 0. The van der Waals surface area contributed by atoms with Crippen molar-refractivity contribution in [1.82, 2.24) is 9.47 Å². The van der Waals surface area contributed by atoms with Crippen molar-refractivity contribution in [2.45, 2.75) is 6.17 Å². The smallest absolute Gasteiger partial charge is 0.159 e. The van der Waals surface area contributed by atoms with Crippen LogP contribution in [0.15, 0.2) is 172 Å². The maximum atomic E-state index is 5.97. The van der Waals surface area contributed by atoms with Crippen molar-refractivity contribution in [1.29, 1.82) is 0 Å². The molecule has 5 nitrogen and oxygen atoms in total. The van der Waals surface area contributed by atoms with Crippen molar-refractivity contribution in [3.63, 3.8) is 0 Å². The van der Waals surface area contributed by atoms with Gasteiger partial charge in [-0.25, -0.2) is 9.98 Å². The van der Waals surface area contributed by atoms with Crippen LogP contribution in [0.25, 0.3) is 49.6 Å². The lowest BCUT2D eigenvalue weighted by Crippen LogP contribution is -2.35. The number of aliphatic imine (C=N–C) groups is 2. The minimum Gasteiger partial charge on any atom is -0.464 e. The molecule has 0 aliphatic carbocycles. The van der Waals surface area contributed by atoms with Crippen LogP contribution in [0.3, 0.4) is 0 Å². The Morgan fingerprint density at radius 3 is 2.00 bits per heavy atom. The van der Waals surface area contributed by atoms with Gasteiger partial charge < -0.3 is 13.9 Å². The van der Waals surface area contributed by atoms with Gasteiger partial charge in [0.2, 0.25) is 0 Å². The summed E-state index contributed by atoms with van der Waals surface area (Å²) in [5.74, 6) is 1.60. The Bertz CT molecular complexity index is 2450. The number of amidine groups is 2. The zero-order chi connectivity index (χ0) is 31.3. The van der Waals surface area contributed by atoms with Gasteiger partial charge in [-0.15, -0.1) is 0 Å². The Kier molecular flexibility index (Phi) is 6.35. The lowest BCUT2D eigenvalue weighted by Gasteiger charge is -2.32. The van der Waals surface area contributed by atoms with E-state index in [1.165, 1.54) is 16.5 Å². The summed E-state index contributed by atoms with van der Waals surface area (Å²) in [6.45, 7) is 0. The van der Waals surface area contributed by atoms with Gasteiger partial charge in [0.15, 0.2) is 5.84 Å². The largest absolute Gasteiger partial charge is 0.464 e. The van der Waals surface area contributed by atoms with Crippen molar-refractivity contribution < 1.29 is 4.42 Å². The van der Waals surface area contributed by atoms with E-state index >= 15 is 0 Å². The Labute approximate surface area is 272 Å². The molecule has 224 valence electrons. The first-order valence-electron chi connectivity index (χ1n) is 15.8. The zero-order valence-corrected chi connectivity index (χ0v) is 25.8. The Hall–Kier alpha value is -6.20. The molecule has 0 radical (unpaired) electrons. The fourth-order valence-electron chi connectivity index (χ4n) is 6.81. The molecule has 9 rings (SSSR count). The third-order valence-electron chi connectivity index (χ3n) is 9.14. The number of furan rings is 1. The zero-order valence-electron chi connectivity index (χ0n) is 25.8. The molecular weight excluding hydrogens is 576 g/mol. The molecule has 0 N–H and O–H groups in total. The molecule has 0 saturated carbocycles. The first-order chi connectivity index (χ1) is 23.2. The number of aromatic nitrogens is 1. The summed E-state index contributed by atoms with van der Waals surface area (Å²) in [4.78, 5) is 12.5. The third-order valence-corrected chi connectivity index (χ3v) is 9.14. The van der Waals surface area contributed by atoms with Crippen molar-refractivity contribution >= 4 is 44.4 Å². The van der Waals surface area contributed by atoms with E-state index in [9.17, 15) is 0 Å². The van der Waals surface area contributed by atoms with E-state index in [4.69, 9.17) is 14.4 Å². The van der Waals surface area contributed by atoms with Crippen molar-refractivity contribution in [2.75, 3.05) is 7.05 Å². The summed E-state index contributed by atoms with van der Waals surface area (Å²) in [5, 5.41) is 3.41. The van der Waals surface area contributed by atoms with E-state index in [1.54, 1.807) is 6.26 Å². The summed E-state index contributed by atoms with van der Waals surface area (Å²) in [5.41, 5.74) is 9.77. The van der Waals surface area contributed by atoms with Gasteiger partial charge >= 0.3 is 0 Å². The van der Waals surface area contributed by atoms with Gasteiger partial charge in [0.25, 0.3) is 0 Å². The normalized spacial score (nSPS) is 14.9. The van der Waals surface area contributed by atoms with Crippen molar-refractivity contribution in [3.05, 3.63) is 175 Å². The van der Waals surface area contributed by atoms with Gasteiger partial charge in [0, 0.05) is 34.6 Å². The third kappa shape index (κ3) is 4.55. The van der Waals surface area contributed by atoms with Crippen molar-refractivity contribution in [2.24, 2.45) is 9.98 Å². The molecule has 1 aliphatic rings. The van der Waals surface area contributed by atoms with Gasteiger partial charge in [-0.2, -0.15) is 0 Å². The Morgan fingerprint density at radius 2 is 1.23 bits per heavy atom. The van der Waals surface area contributed by atoms with Crippen LogP contribution in [-0.2, 0) is 0 Å². The maximum Gasteiger partial charge on any atom is 0.159 e. The molecule has 3 heterocycles. The van der Waals surface area contributed by atoms with E-state index in [-0.39, 0.29) is 6.17 Å². The number of benzene rings is 6. The molecule has 1 atom stereocenters. The predicted octanol–water partition coefficient (Wildman–Crippen LogP) is 10.0. The highest BCUT2D eigenvalue weighted by Gasteiger charge is 2.27. The molecule has 8 aromatic rings. The SMILES string of the molecule is CN1C(c2ccc(-n3c4ccccc4c4c5occc5ccc43)cc2)=NC(c2ccccc2)=NC1c1ccc(-c2ccccc2)cc1. The first kappa shape index (κ1) is 27.1. The highest BCUT2D eigenvalue weighted by atomic mass is 16.3. The van der Waals surface area contributed by atoms with Gasteiger partial charge in [-0.3, -0.25) is 0 Å². The second-order valence-corrected chi connectivity index (χ2v) is 11.9. The number of nitrogens with zero attached hydrogens (tertiary/aromatic N) is 4. The van der Waals surface area contributed by atoms with E-state index < -0.39 is 0 Å². The molecule has 0 saturated heterocycles. The molecule has 1 aliphatic heterocycles. The second-order valence-electron chi connectivity index (χ2n) is 11.9. The van der Waals surface area contributed by atoms with E-state index in [2.05, 4.69) is 138 Å². The van der Waals surface area contributed by atoms with Crippen LogP contribution in [-0.4, -0.2) is 28.2 Å². The Morgan fingerprint density at radius 1 is 0.574 bits per heavy atom. The summed E-state index contributed by atoms with van der Waals surface area (Å²) >= 11 is 0. The highest BCUT2D eigenvalue weighted by Crippen LogP contribution is 2.37. The van der Waals surface area contributed by atoms with E-state index in [0.717, 1.165) is 61.4 Å². The van der Waals surface area contributed by atoms with Crippen LogP contribution < -0.4 is 0 Å². The fourth-order valence-corrected chi connectivity index (χ4v) is 6.81. The fraction of sp³-hybridized carbons (Fsp3) is 0.0476. The average molecular weight is 607 g/mol. The predicted molar refractivity (Wildman–Crippen MR) is 192 cm³/mol. The molecule has 0 spiro atoms. The molecule has 0 bridgehead atoms. The molecule has 1 unspecified atom stereocenters. The molecule has 5 heteroatoms. The molecule has 0 amide bonds. The summed E-state index contributed by atoms with van der Waals surface area (Å²) in [7, 11) is 2.08. The quantitative estimate of drug-likeness (QED) is 0.196. The molecular formula is C42H30N4O. The maximum absolute atomic E-state index is 5.97. The number of rotatable bonds is 5. The van der Waals surface area contributed by atoms with Crippen molar-refractivity contribution in [3.8, 4) is 16.8 Å². The van der Waals surface area contributed by atoms with Crippen LogP contribution in [0.2, 0.25) is 0 Å². The topological polar surface area (TPSA) is 46.0 Å². The molecule has 47 heavy (non-hydrogen) atoms. The monoisotopic (exact) mass is 606 g/mol. The van der Waals surface area contributed by atoms with Crippen LogP contribution in [0, 0.1) is 0 Å². The van der Waals surface area contributed by atoms with Crippen LogP contribution in [0.4, 0.5) is 0 Å². The summed E-state index contributed by atoms with van der Waals surface area (Å²) in [6.07, 6.45) is 1.54. The number of para-hydroxylation sites is 1. The summed E-state index contributed by atoms with van der Waals surface area (Å²) in [6, 6.07) is 53.0. The van der Waals surface area contributed by atoms with Gasteiger partial charge in [-0.05, 0) is 65.2 Å². The van der Waals surface area contributed by atoms with Crippen LogP contribution in [0.1, 0.15) is 22.9 Å². The average Bonchev–Trinajstić information content (AvgIpc) is 3.75. The standard InChI is InChI=1S/C42H30N4O/c1-45-41(32-18-16-29(17-19-32)28-10-4-2-5-11-28)43-40(31-12-6-3-7-13-31)44-42(45)33-20-23-34(24-21-33)46-36-15-9-8-14-35(36)38-37(46)25-22-30-26-27-47-39(30)38/h2-27,41H,1H3. The lowest BCUT2D eigenvalue weighted by molar-refractivity contribution is 0.383. The van der Waals surface area contributed by atoms with E-state index in [0.29, 0.717) is 0 Å². The highest BCUT2D eigenvalue weighted by molar-refractivity contribution is 6.19. The molecule has 0 fully saturated rings. The number of hydrogen-bond acceptors (Lipinski definition) is 4.